The molecule has 2 heterocycles. The number of nitrogens with zero attached hydrogens (tertiary/aromatic N) is 3. The molecule has 0 aliphatic heterocycles. The highest BCUT2D eigenvalue weighted by atomic mass is 127. The highest BCUT2D eigenvalue weighted by Crippen LogP contribution is 2.26. The fourth-order valence-corrected chi connectivity index (χ4v) is 1.88. The number of aromatic nitrogens is 3. The third kappa shape index (κ3) is 1.42. The summed E-state index contributed by atoms with van der Waals surface area (Å²) in [5, 5.41) is 3.83. The van der Waals surface area contributed by atoms with Gasteiger partial charge in [0.05, 0.1) is 16.9 Å². The lowest BCUT2D eigenvalue weighted by Gasteiger charge is -2.01. The average Bonchev–Trinajstić information content (AvgIpc) is 2.41. The molecule has 0 bridgehead atoms. The predicted molar refractivity (Wildman–Crippen MR) is 57.2 cm³/mol. The van der Waals surface area contributed by atoms with Crippen LogP contribution in [0.4, 0.5) is 4.39 Å². The van der Waals surface area contributed by atoms with E-state index in [0.29, 0.717) is 9.09 Å². The monoisotopic (exact) mass is 327 g/mol. The molecule has 2 aromatic rings. The normalized spacial score (nSPS) is 10.9. The second-order valence-electron chi connectivity index (χ2n) is 2.47. The van der Waals surface area contributed by atoms with Crippen LogP contribution in [0.5, 0.6) is 5.88 Å². The summed E-state index contributed by atoms with van der Waals surface area (Å²) >= 11 is 7.48. The van der Waals surface area contributed by atoms with Crippen LogP contribution in [0.1, 0.15) is 0 Å². The van der Waals surface area contributed by atoms with Crippen molar-refractivity contribution >= 4 is 39.7 Å². The van der Waals surface area contributed by atoms with Crippen molar-refractivity contribution in [3.8, 4) is 5.88 Å². The molecule has 0 atom stereocenters. The van der Waals surface area contributed by atoms with Gasteiger partial charge in [-0.05, 0) is 34.2 Å². The maximum Gasteiger partial charge on any atom is 0.244 e. The van der Waals surface area contributed by atoms with E-state index in [-0.39, 0.29) is 17.0 Å². The van der Waals surface area contributed by atoms with E-state index in [2.05, 4.69) is 10.1 Å². The Kier molecular flexibility index (Phi) is 2.48. The minimum atomic E-state index is -0.375. The fraction of sp³-hybridized carbons (Fsp3) is 0.143. The predicted octanol–water partition coefficient (Wildman–Crippen LogP) is 2.13. The summed E-state index contributed by atoms with van der Waals surface area (Å²) in [6, 6.07) is 0. The summed E-state index contributed by atoms with van der Waals surface area (Å²) in [5.41, 5.74) is 0.481. The molecule has 2 rings (SSSR count). The van der Waals surface area contributed by atoms with Gasteiger partial charge >= 0.3 is 0 Å². The van der Waals surface area contributed by atoms with Gasteiger partial charge in [0, 0.05) is 0 Å². The van der Waals surface area contributed by atoms with Crippen molar-refractivity contribution < 1.29 is 9.13 Å². The molecule has 2 aromatic heterocycles. The smallest absolute Gasteiger partial charge is 0.244 e. The SMILES string of the molecule is COc1nc(Cl)nn2cc(F)c(I)c12. The third-order valence-electron chi connectivity index (χ3n) is 1.66. The molecule has 0 aliphatic carbocycles. The Morgan fingerprint density at radius 2 is 2.36 bits per heavy atom. The van der Waals surface area contributed by atoms with Gasteiger partial charge in [-0.2, -0.15) is 4.98 Å². The van der Waals surface area contributed by atoms with Gasteiger partial charge in [0.15, 0.2) is 5.82 Å². The molecular formula is C7H4ClFIN3O. The molecule has 0 unspecified atom stereocenters. The molecule has 0 saturated carbocycles. The average molecular weight is 327 g/mol. The van der Waals surface area contributed by atoms with Crippen LogP contribution < -0.4 is 4.74 Å². The Balaban J connectivity index is 2.88. The van der Waals surface area contributed by atoms with Crippen molar-refractivity contribution in [2.24, 2.45) is 0 Å². The zero-order valence-electron chi connectivity index (χ0n) is 6.96. The lowest BCUT2D eigenvalue weighted by molar-refractivity contribution is 0.399. The maximum atomic E-state index is 13.2. The molecule has 0 aromatic carbocycles. The van der Waals surface area contributed by atoms with Crippen molar-refractivity contribution in [2.45, 2.75) is 0 Å². The first-order valence-corrected chi connectivity index (χ1v) is 5.03. The van der Waals surface area contributed by atoms with Crippen LogP contribution in [0.2, 0.25) is 5.28 Å². The molecule has 14 heavy (non-hydrogen) atoms. The van der Waals surface area contributed by atoms with Crippen molar-refractivity contribution in [3.05, 3.63) is 20.9 Å². The van der Waals surface area contributed by atoms with E-state index in [1.54, 1.807) is 0 Å². The second-order valence-corrected chi connectivity index (χ2v) is 3.89. The third-order valence-corrected chi connectivity index (χ3v) is 2.85. The van der Waals surface area contributed by atoms with Crippen LogP contribution in [-0.4, -0.2) is 21.7 Å². The first kappa shape index (κ1) is 9.91. The zero-order valence-corrected chi connectivity index (χ0v) is 9.87. The first-order chi connectivity index (χ1) is 6.63. The molecular weight excluding hydrogens is 323 g/mol. The molecule has 4 nitrogen and oxygen atoms in total. The highest BCUT2D eigenvalue weighted by Gasteiger charge is 2.15. The highest BCUT2D eigenvalue weighted by molar-refractivity contribution is 14.1. The lowest BCUT2D eigenvalue weighted by atomic mass is 10.5. The molecule has 74 valence electrons. The van der Waals surface area contributed by atoms with E-state index in [9.17, 15) is 4.39 Å². The molecule has 7 heteroatoms. The number of hydrogen-bond acceptors (Lipinski definition) is 3. The lowest BCUT2D eigenvalue weighted by Crippen LogP contribution is -1.98. The first-order valence-electron chi connectivity index (χ1n) is 3.57. The van der Waals surface area contributed by atoms with Gasteiger partial charge in [-0.25, -0.2) is 8.91 Å². The molecule has 0 spiro atoms. The summed E-state index contributed by atoms with van der Waals surface area (Å²) in [4.78, 5) is 3.83. The van der Waals surface area contributed by atoms with E-state index >= 15 is 0 Å². The molecule has 0 N–H and O–H groups in total. The number of fused-ring (bicyclic) bond motifs is 1. The minimum Gasteiger partial charge on any atom is -0.479 e. The van der Waals surface area contributed by atoms with Crippen molar-refractivity contribution in [3.63, 3.8) is 0 Å². The molecule has 0 amide bonds. The Bertz CT molecular complexity index is 501. The quantitative estimate of drug-likeness (QED) is 0.753. The Labute approximate surface area is 97.2 Å². The molecule has 0 fully saturated rings. The van der Waals surface area contributed by atoms with Crippen molar-refractivity contribution in [2.75, 3.05) is 7.11 Å². The number of hydrogen-bond donors (Lipinski definition) is 0. The van der Waals surface area contributed by atoms with Gasteiger partial charge in [-0.15, -0.1) is 5.10 Å². The standard InChI is InChI=1S/C7H4ClFIN3O/c1-14-6-5-4(10)3(9)2-13(5)12-7(8)11-6/h2H,1H3. The number of halogens is 3. The largest absolute Gasteiger partial charge is 0.479 e. The van der Waals surface area contributed by atoms with Crippen LogP contribution in [0.3, 0.4) is 0 Å². The number of ether oxygens (including phenoxy) is 1. The minimum absolute atomic E-state index is 0.0146. The summed E-state index contributed by atoms with van der Waals surface area (Å²) in [7, 11) is 1.44. The van der Waals surface area contributed by atoms with Crippen molar-refractivity contribution in [1.82, 2.24) is 14.6 Å². The number of methoxy groups -OCH3 is 1. The molecule has 0 aliphatic rings. The van der Waals surface area contributed by atoms with Gasteiger partial charge in [0.2, 0.25) is 11.2 Å². The maximum absolute atomic E-state index is 13.2. The second kappa shape index (κ2) is 3.50. The summed E-state index contributed by atoms with van der Waals surface area (Å²) < 4.78 is 19.9. The van der Waals surface area contributed by atoms with Crippen LogP contribution in [0.15, 0.2) is 6.20 Å². The Hall–Kier alpha value is -0.630. The topological polar surface area (TPSA) is 39.4 Å². The van der Waals surface area contributed by atoms with Gasteiger partial charge in [0.25, 0.3) is 0 Å². The summed E-state index contributed by atoms with van der Waals surface area (Å²) in [5.74, 6) is -0.112. The van der Waals surface area contributed by atoms with Crippen LogP contribution in [-0.2, 0) is 0 Å². The van der Waals surface area contributed by atoms with Gasteiger partial charge < -0.3 is 4.74 Å². The van der Waals surface area contributed by atoms with Crippen LogP contribution in [0, 0.1) is 9.39 Å². The van der Waals surface area contributed by atoms with Crippen LogP contribution >= 0.6 is 34.2 Å². The van der Waals surface area contributed by atoms with E-state index in [1.807, 2.05) is 22.6 Å². The van der Waals surface area contributed by atoms with E-state index in [0.717, 1.165) is 0 Å². The van der Waals surface area contributed by atoms with E-state index in [4.69, 9.17) is 16.3 Å². The molecule has 0 radical (unpaired) electrons. The van der Waals surface area contributed by atoms with E-state index < -0.39 is 0 Å². The Morgan fingerprint density at radius 1 is 1.64 bits per heavy atom. The summed E-state index contributed by atoms with van der Waals surface area (Å²) in [6.07, 6.45) is 1.23. The van der Waals surface area contributed by atoms with Crippen molar-refractivity contribution in [1.29, 1.82) is 0 Å². The summed E-state index contributed by atoms with van der Waals surface area (Å²) in [6.45, 7) is 0. The Morgan fingerprint density at radius 3 is 3.00 bits per heavy atom. The van der Waals surface area contributed by atoms with Crippen LogP contribution in [0.25, 0.3) is 5.52 Å². The zero-order chi connectivity index (χ0) is 10.3. The van der Waals surface area contributed by atoms with Gasteiger partial charge in [-0.1, -0.05) is 0 Å². The van der Waals surface area contributed by atoms with E-state index in [1.165, 1.54) is 17.8 Å². The number of rotatable bonds is 1. The van der Waals surface area contributed by atoms with Gasteiger partial charge in [-0.3, -0.25) is 0 Å². The van der Waals surface area contributed by atoms with Gasteiger partial charge in [0.1, 0.15) is 5.52 Å². The fourth-order valence-electron chi connectivity index (χ4n) is 1.10. The molecule has 0 saturated heterocycles.